The summed E-state index contributed by atoms with van der Waals surface area (Å²) in [5.74, 6) is -1.01. The van der Waals surface area contributed by atoms with Crippen LogP contribution in [0.15, 0.2) is 30.6 Å². The van der Waals surface area contributed by atoms with E-state index in [0.717, 1.165) is 0 Å². The average molecular weight is 422 g/mol. The van der Waals surface area contributed by atoms with Gasteiger partial charge in [-0.1, -0.05) is 90.0 Å². The van der Waals surface area contributed by atoms with E-state index in [2.05, 4.69) is 46.8 Å². The summed E-state index contributed by atoms with van der Waals surface area (Å²) in [6.07, 6.45) is 25.1. The lowest BCUT2D eigenvalue weighted by Gasteiger charge is -2.02. The molecule has 0 radical (unpaired) electrons. The molecule has 30 heavy (non-hydrogen) atoms. The van der Waals surface area contributed by atoms with Crippen molar-refractivity contribution in [1.29, 1.82) is 0 Å². The molecular formula is C26H47NO3. The lowest BCUT2D eigenvalue weighted by molar-refractivity contribution is -0.697. The van der Waals surface area contributed by atoms with Crippen LogP contribution in [0.4, 0.5) is 0 Å². The Morgan fingerprint density at radius 1 is 0.733 bits per heavy atom. The van der Waals surface area contributed by atoms with Crippen LogP contribution in [-0.2, 0) is 16.1 Å². The molecule has 0 aromatic carbocycles. The van der Waals surface area contributed by atoms with Crippen molar-refractivity contribution in [2.45, 2.75) is 116 Å². The van der Waals surface area contributed by atoms with Gasteiger partial charge in [0.05, 0.1) is 0 Å². The number of unbranched alkanes of at least 4 members (excludes halogenated alkanes) is 13. The zero-order valence-electron chi connectivity index (χ0n) is 19.8. The van der Waals surface area contributed by atoms with Gasteiger partial charge in [-0.15, -0.1) is 0 Å². The smallest absolute Gasteiger partial charge is 0.168 e. The molecule has 0 amide bonds. The molecule has 0 atom stereocenters. The third-order valence-electron chi connectivity index (χ3n) is 5.28. The number of rotatable bonds is 19. The molecule has 0 N–H and O–H groups in total. The van der Waals surface area contributed by atoms with Crippen LogP contribution in [0.1, 0.15) is 110 Å². The third kappa shape index (κ3) is 22.9. The molecule has 1 aromatic heterocycles. The predicted molar refractivity (Wildman–Crippen MR) is 123 cm³/mol. The lowest BCUT2D eigenvalue weighted by Crippen LogP contribution is -2.32. The van der Waals surface area contributed by atoms with Crippen LogP contribution in [0.2, 0.25) is 0 Å². The van der Waals surface area contributed by atoms with Crippen molar-refractivity contribution >= 4 is 5.97 Å². The van der Waals surface area contributed by atoms with Crippen LogP contribution in [0.25, 0.3) is 0 Å². The van der Waals surface area contributed by atoms with Crippen molar-refractivity contribution in [3.05, 3.63) is 30.6 Å². The van der Waals surface area contributed by atoms with E-state index in [0.29, 0.717) is 13.0 Å². The van der Waals surface area contributed by atoms with Gasteiger partial charge in [0.2, 0.25) is 0 Å². The lowest BCUT2D eigenvalue weighted by atomic mass is 10.0. The molecule has 0 aliphatic heterocycles. The van der Waals surface area contributed by atoms with E-state index >= 15 is 0 Å². The molecule has 0 unspecified atom stereocenters. The Bertz CT molecular complexity index is 465. The summed E-state index contributed by atoms with van der Waals surface area (Å²) >= 11 is 0. The Kier molecular flexibility index (Phi) is 22.7. The molecule has 0 saturated carbocycles. The van der Waals surface area contributed by atoms with Crippen LogP contribution >= 0.6 is 0 Å². The fourth-order valence-corrected chi connectivity index (χ4v) is 3.43. The van der Waals surface area contributed by atoms with Crippen molar-refractivity contribution in [1.82, 2.24) is 0 Å². The first-order valence-electron chi connectivity index (χ1n) is 12.3. The molecule has 1 rings (SSSR count). The number of carbonyl (C=O) groups excluding carboxylic acids is 1. The van der Waals surface area contributed by atoms with E-state index in [1.54, 1.807) is 0 Å². The standard InChI is InChI=1S/C21H38N.C5H10O3/c1-2-3-4-5-6-7-8-9-10-11-12-13-14-16-19-22-20-17-15-18-21-22;1-8-4-2-3-5(6)7/h15,17-18,20-21H,2-14,16,19H2,1H3;2-4H2,1H3,(H,6,7)/q+1;/p-1. The molecule has 4 heteroatoms. The number of aryl methyl sites for hydroxylation is 1. The SMILES string of the molecule is CCCCCCCCCCCCCCCC[n+]1ccccc1.COCCCC(=O)[O-]. The van der Waals surface area contributed by atoms with Crippen LogP contribution in [-0.4, -0.2) is 19.7 Å². The van der Waals surface area contributed by atoms with Crippen molar-refractivity contribution in [3.63, 3.8) is 0 Å². The number of hydrogen-bond acceptors (Lipinski definition) is 3. The fourth-order valence-electron chi connectivity index (χ4n) is 3.43. The Morgan fingerprint density at radius 2 is 1.20 bits per heavy atom. The summed E-state index contributed by atoms with van der Waals surface area (Å²) < 4.78 is 6.89. The highest BCUT2D eigenvalue weighted by Gasteiger charge is 1.98. The van der Waals surface area contributed by atoms with Crippen LogP contribution in [0, 0.1) is 0 Å². The topological polar surface area (TPSA) is 53.2 Å². The number of methoxy groups -OCH3 is 1. The van der Waals surface area contributed by atoms with Gasteiger partial charge in [0.25, 0.3) is 0 Å². The minimum Gasteiger partial charge on any atom is -0.550 e. The van der Waals surface area contributed by atoms with Gasteiger partial charge in [-0.2, -0.15) is 0 Å². The van der Waals surface area contributed by atoms with E-state index in [-0.39, 0.29) is 6.42 Å². The molecule has 0 bridgehead atoms. The normalized spacial score (nSPS) is 10.5. The second-order valence-electron chi connectivity index (χ2n) is 8.18. The van der Waals surface area contributed by atoms with Gasteiger partial charge in [0.15, 0.2) is 12.4 Å². The number of ether oxygens (including phenoxy) is 1. The maximum absolute atomic E-state index is 9.71. The van der Waals surface area contributed by atoms with Gasteiger partial charge in [-0.05, 0) is 19.3 Å². The summed E-state index contributed by atoms with van der Waals surface area (Å²) in [6.45, 7) is 3.97. The first-order valence-corrected chi connectivity index (χ1v) is 12.3. The number of nitrogens with zero attached hydrogens (tertiary/aromatic N) is 1. The van der Waals surface area contributed by atoms with Gasteiger partial charge in [0.1, 0.15) is 6.54 Å². The molecule has 0 spiro atoms. The molecule has 0 saturated heterocycles. The van der Waals surface area contributed by atoms with Crippen LogP contribution in [0.5, 0.6) is 0 Å². The maximum atomic E-state index is 9.71. The van der Waals surface area contributed by atoms with E-state index in [1.165, 1.54) is 104 Å². The Labute approximate surface area is 186 Å². The Balaban J connectivity index is 0.000000890. The van der Waals surface area contributed by atoms with Crippen molar-refractivity contribution in [3.8, 4) is 0 Å². The highest BCUT2D eigenvalue weighted by Crippen LogP contribution is 2.12. The first-order chi connectivity index (χ1) is 14.7. The fraction of sp³-hybridized carbons (Fsp3) is 0.769. The largest absolute Gasteiger partial charge is 0.550 e. The predicted octanol–water partition coefficient (Wildman–Crippen LogP) is 5.62. The zero-order chi connectivity index (χ0) is 22.1. The summed E-state index contributed by atoms with van der Waals surface area (Å²) in [4.78, 5) is 9.71. The van der Waals surface area contributed by atoms with Crippen LogP contribution < -0.4 is 9.67 Å². The minimum absolute atomic E-state index is 0.0911. The van der Waals surface area contributed by atoms with Gasteiger partial charge < -0.3 is 14.6 Å². The highest BCUT2D eigenvalue weighted by atomic mass is 16.5. The third-order valence-corrected chi connectivity index (χ3v) is 5.28. The van der Waals surface area contributed by atoms with Crippen molar-refractivity contribution in [2.24, 2.45) is 0 Å². The molecule has 1 heterocycles. The maximum Gasteiger partial charge on any atom is 0.168 e. The van der Waals surface area contributed by atoms with Gasteiger partial charge in [-0.25, -0.2) is 4.57 Å². The van der Waals surface area contributed by atoms with Gasteiger partial charge >= 0.3 is 0 Å². The number of hydrogen-bond donors (Lipinski definition) is 0. The van der Waals surface area contributed by atoms with E-state index in [4.69, 9.17) is 0 Å². The van der Waals surface area contributed by atoms with E-state index in [1.807, 2.05) is 0 Å². The quantitative estimate of drug-likeness (QED) is 0.215. The number of aromatic nitrogens is 1. The number of carboxylic acid groups (broad SMARTS) is 1. The van der Waals surface area contributed by atoms with Crippen LogP contribution in [0.3, 0.4) is 0 Å². The second-order valence-corrected chi connectivity index (χ2v) is 8.18. The molecule has 0 aliphatic rings. The van der Waals surface area contributed by atoms with Crippen molar-refractivity contribution in [2.75, 3.05) is 13.7 Å². The second kappa shape index (κ2) is 23.9. The molecule has 174 valence electrons. The van der Waals surface area contributed by atoms with Gasteiger partial charge in [0, 0.05) is 38.2 Å². The number of aliphatic carboxylic acids is 1. The van der Waals surface area contributed by atoms with Gasteiger partial charge in [-0.3, -0.25) is 0 Å². The molecule has 0 aliphatic carbocycles. The zero-order valence-corrected chi connectivity index (χ0v) is 19.8. The molecule has 4 nitrogen and oxygen atoms in total. The number of pyridine rings is 1. The Hall–Kier alpha value is -1.42. The summed E-state index contributed by atoms with van der Waals surface area (Å²) in [7, 11) is 1.54. The number of carbonyl (C=O) groups is 1. The molecule has 1 aromatic rings. The average Bonchev–Trinajstić information content (AvgIpc) is 2.75. The van der Waals surface area contributed by atoms with Crippen molar-refractivity contribution < 1.29 is 19.2 Å². The summed E-state index contributed by atoms with van der Waals surface area (Å²) in [6, 6.07) is 6.31. The molecule has 0 fully saturated rings. The molecular weight excluding hydrogens is 374 g/mol. The Morgan fingerprint density at radius 3 is 1.63 bits per heavy atom. The number of carboxylic acids is 1. The first kappa shape index (κ1) is 28.6. The minimum atomic E-state index is -1.01. The van der Waals surface area contributed by atoms with E-state index in [9.17, 15) is 9.90 Å². The summed E-state index contributed by atoms with van der Waals surface area (Å²) in [5.41, 5.74) is 0. The highest BCUT2D eigenvalue weighted by molar-refractivity contribution is 5.64. The van der Waals surface area contributed by atoms with E-state index < -0.39 is 5.97 Å². The summed E-state index contributed by atoms with van der Waals surface area (Å²) in [5, 5.41) is 9.71. The monoisotopic (exact) mass is 421 g/mol.